The van der Waals surface area contributed by atoms with Crippen molar-refractivity contribution in [3.05, 3.63) is 0 Å². The Labute approximate surface area is 169 Å². The van der Waals surface area contributed by atoms with Gasteiger partial charge in [-0.3, -0.25) is 19.2 Å². The summed E-state index contributed by atoms with van der Waals surface area (Å²) < 4.78 is 0. The van der Waals surface area contributed by atoms with Crippen LogP contribution in [-0.4, -0.2) is 65.9 Å². The van der Waals surface area contributed by atoms with Gasteiger partial charge in [0.15, 0.2) is 0 Å². The van der Waals surface area contributed by atoms with Gasteiger partial charge >= 0.3 is 5.97 Å². The molecule has 3 atom stereocenters. The smallest absolute Gasteiger partial charge is 0.326 e. The van der Waals surface area contributed by atoms with Crippen molar-refractivity contribution >= 4 is 29.6 Å². The lowest BCUT2D eigenvalue weighted by atomic mass is 10.0. The van der Waals surface area contributed by atoms with E-state index in [1.54, 1.807) is 13.8 Å². The van der Waals surface area contributed by atoms with E-state index < -0.39 is 60.1 Å². The zero-order valence-corrected chi connectivity index (χ0v) is 16.8. The molecule has 0 bridgehead atoms. The number of unbranched alkanes of at least 4 members (excludes halogenated alkanes) is 1. The van der Waals surface area contributed by atoms with E-state index in [-0.39, 0.29) is 13.0 Å². The molecular weight excluding hydrogens is 384 g/mol. The lowest BCUT2D eigenvalue weighted by molar-refractivity contribution is -0.143. The van der Waals surface area contributed by atoms with E-state index in [4.69, 9.17) is 17.2 Å². The number of rotatable bonds is 14. The molecule has 12 heteroatoms. The van der Waals surface area contributed by atoms with Gasteiger partial charge in [-0.25, -0.2) is 4.79 Å². The molecule has 4 amide bonds. The Morgan fingerprint density at radius 2 is 1.48 bits per heavy atom. The van der Waals surface area contributed by atoms with Crippen LogP contribution in [-0.2, 0) is 24.0 Å². The highest BCUT2D eigenvalue weighted by Gasteiger charge is 2.31. The van der Waals surface area contributed by atoms with Gasteiger partial charge < -0.3 is 38.3 Å². The average molecular weight is 416 g/mol. The highest BCUT2D eigenvalue weighted by molar-refractivity contribution is 5.95. The third-order valence-electron chi connectivity index (χ3n) is 4.05. The van der Waals surface area contributed by atoms with Gasteiger partial charge in [0.05, 0.1) is 13.0 Å². The lowest BCUT2D eigenvalue weighted by Gasteiger charge is -2.25. The first kappa shape index (κ1) is 26.3. The predicted octanol–water partition coefficient (Wildman–Crippen LogP) is -2.86. The van der Waals surface area contributed by atoms with Crippen LogP contribution in [0.3, 0.4) is 0 Å². The molecule has 10 N–H and O–H groups in total. The van der Waals surface area contributed by atoms with Crippen LogP contribution in [0.25, 0.3) is 0 Å². The third-order valence-corrected chi connectivity index (χ3v) is 4.05. The first-order chi connectivity index (χ1) is 13.5. The summed E-state index contributed by atoms with van der Waals surface area (Å²) in [6.07, 6.45) is 0.842. The highest BCUT2D eigenvalue weighted by atomic mass is 16.4. The van der Waals surface area contributed by atoms with Crippen molar-refractivity contribution in [1.29, 1.82) is 0 Å². The normalized spacial score (nSPS) is 13.8. The Morgan fingerprint density at radius 3 is 1.93 bits per heavy atom. The number of primary amides is 1. The molecule has 0 heterocycles. The number of nitrogens with two attached hydrogens (primary N) is 3. The van der Waals surface area contributed by atoms with Gasteiger partial charge in [0.25, 0.3) is 0 Å². The summed E-state index contributed by atoms with van der Waals surface area (Å²) in [6, 6.07) is -3.61. The van der Waals surface area contributed by atoms with Crippen molar-refractivity contribution < 1.29 is 29.1 Å². The number of carbonyl (C=O) groups excluding carboxylic acids is 4. The first-order valence-electron chi connectivity index (χ1n) is 9.34. The molecular formula is C17H32N6O6. The fraction of sp³-hybridized carbons (Fsp3) is 0.706. The lowest BCUT2D eigenvalue weighted by Crippen LogP contribution is -2.57. The standard InChI is InChI=1S/C17H32N6O6/c1-9(2)14(17(28)29)23-16(27)11(7-12(20)24)22-15(26)10(5-3-4-6-18)21-13(25)8-19/h9-11,14H,3-8,18-19H2,1-2H3,(H2,20,24)(H,21,25)(H,22,26)(H,23,27)(H,28,29). The molecule has 0 spiro atoms. The van der Waals surface area contributed by atoms with Gasteiger partial charge in [-0.15, -0.1) is 0 Å². The average Bonchev–Trinajstić information content (AvgIpc) is 2.63. The second-order valence-corrected chi connectivity index (χ2v) is 6.91. The summed E-state index contributed by atoms with van der Waals surface area (Å²) in [7, 11) is 0. The molecule has 0 aromatic carbocycles. The molecule has 0 rings (SSSR count). The van der Waals surface area contributed by atoms with Crippen LogP contribution in [0.1, 0.15) is 39.5 Å². The zero-order valence-electron chi connectivity index (χ0n) is 16.8. The maximum absolute atomic E-state index is 12.6. The summed E-state index contributed by atoms with van der Waals surface area (Å²) >= 11 is 0. The number of amides is 4. The number of carbonyl (C=O) groups is 5. The molecule has 0 aliphatic carbocycles. The number of aliphatic carboxylic acids is 1. The Hall–Kier alpha value is -2.73. The molecule has 0 aromatic rings. The first-order valence-corrected chi connectivity index (χ1v) is 9.34. The number of hydrogen-bond acceptors (Lipinski definition) is 7. The van der Waals surface area contributed by atoms with Gasteiger partial charge in [-0.05, 0) is 31.7 Å². The quantitative estimate of drug-likeness (QED) is 0.146. The van der Waals surface area contributed by atoms with Crippen LogP contribution < -0.4 is 33.2 Å². The molecule has 0 aliphatic rings. The second kappa shape index (κ2) is 13.4. The molecule has 0 aromatic heterocycles. The molecule has 0 radical (unpaired) electrons. The highest BCUT2D eigenvalue weighted by Crippen LogP contribution is 2.05. The Bertz CT molecular complexity index is 597. The number of nitrogens with one attached hydrogen (secondary N) is 3. The van der Waals surface area contributed by atoms with Crippen molar-refractivity contribution in [3.8, 4) is 0 Å². The molecule has 0 fully saturated rings. The maximum Gasteiger partial charge on any atom is 0.326 e. The summed E-state index contributed by atoms with van der Waals surface area (Å²) in [6.45, 7) is 3.26. The van der Waals surface area contributed by atoms with Crippen LogP contribution in [0.4, 0.5) is 0 Å². The summed E-state index contributed by atoms with van der Waals surface area (Å²) in [4.78, 5) is 59.3. The Kier molecular flexibility index (Phi) is 12.2. The van der Waals surface area contributed by atoms with Crippen LogP contribution in [0.2, 0.25) is 0 Å². The largest absolute Gasteiger partial charge is 0.480 e. The maximum atomic E-state index is 12.6. The summed E-state index contributed by atoms with van der Waals surface area (Å²) in [5.41, 5.74) is 15.8. The molecule has 0 saturated heterocycles. The second-order valence-electron chi connectivity index (χ2n) is 6.91. The Balaban J connectivity index is 5.33. The van der Waals surface area contributed by atoms with Crippen LogP contribution in [0.5, 0.6) is 0 Å². The van der Waals surface area contributed by atoms with Crippen LogP contribution >= 0.6 is 0 Å². The number of carboxylic acids is 1. The van der Waals surface area contributed by atoms with Crippen molar-refractivity contribution in [2.24, 2.45) is 23.1 Å². The van der Waals surface area contributed by atoms with Crippen molar-refractivity contribution in [2.45, 2.75) is 57.7 Å². The minimum atomic E-state index is -1.40. The SMILES string of the molecule is CC(C)C(NC(=O)C(CC(N)=O)NC(=O)C(CCCCN)NC(=O)CN)C(=O)O. The monoisotopic (exact) mass is 416 g/mol. The fourth-order valence-electron chi connectivity index (χ4n) is 2.47. The van der Waals surface area contributed by atoms with Gasteiger partial charge in [-0.2, -0.15) is 0 Å². The fourth-order valence-corrected chi connectivity index (χ4v) is 2.47. The van der Waals surface area contributed by atoms with Gasteiger partial charge in [0.1, 0.15) is 18.1 Å². The number of carboxylic acid groups (broad SMARTS) is 1. The predicted molar refractivity (Wildman–Crippen MR) is 104 cm³/mol. The Morgan fingerprint density at radius 1 is 0.897 bits per heavy atom. The molecule has 12 nitrogen and oxygen atoms in total. The van der Waals surface area contributed by atoms with Gasteiger partial charge in [0, 0.05) is 0 Å². The van der Waals surface area contributed by atoms with Crippen LogP contribution in [0, 0.1) is 5.92 Å². The number of hydrogen-bond donors (Lipinski definition) is 7. The van der Waals surface area contributed by atoms with Gasteiger partial charge in [0.2, 0.25) is 23.6 Å². The molecule has 0 saturated carbocycles. The summed E-state index contributed by atoms with van der Waals surface area (Å²) in [5, 5.41) is 16.3. The summed E-state index contributed by atoms with van der Waals surface area (Å²) in [5.74, 6) is -4.72. The van der Waals surface area contributed by atoms with E-state index in [0.717, 1.165) is 0 Å². The zero-order chi connectivity index (χ0) is 22.6. The topological polar surface area (TPSA) is 220 Å². The van der Waals surface area contributed by atoms with E-state index in [1.807, 2.05) is 0 Å². The van der Waals surface area contributed by atoms with E-state index in [0.29, 0.717) is 19.4 Å². The minimum absolute atomic E-state index is 0.240. The van der Waals surface area contributed by atoms with Crippen LogP contribution in [0.15, 0.2) is 0 Å². The molecule has 166 valence electrons. The van der Waals surface area contributed by atoms with E-state index in [1.165, 1.54) is 0 Å². The van der Waals surface area contributed by atoms with Crippen molar-refractivity contribution in [1.82, 2.24) is 16.0 Å². The molecule has 3 unspecified atom stereocenters. The van der Waals surface area contributed by atoms with Gasteiger partial charge in [-0.1, -0.05) is 13.8 Å². The molecule has 0 aliphatic heterocycles. The van der Waals surface area contributed by atoms with Crippen molar-refractivity contribution in [3.63, 3.8) is 0 Å². The molecule has 29 heavy (non-hydrogen) atoms. The minimum Gasteiger partial charge on any atom is -0.480 e. The third kappa shape index (κ3) is 10.4. The van der Waals surface area contributed by atoms with E-state index >= 15 is 0 Å². The van der Waals surface area contributed by atoms with Crippen molar-refractivity contribution in [2.75, 3.05) is 13.1 Å². The van der Waals surface area contributed by atoms with E-state index in [9.17, 15) is 29.1 Å². The van der Waals surface area contributed by atoms with E-state index in [2.05, 4.69) is 16.0 Å².